The molecule has 3 rings (SSSR count). The van der Waals surface area contributed by atoms with Gasteiger partial charge in [-0.3, -0.25) is 4.79 Å². The molecule has 0 aliphatic rings. The summed E-state index contributed by atoms with van der Waals surface area (Å²) in [6.07, 6.45) is 0. The smallest absolute Gasteiger partial charge is 0.255 e. The highest BCUT2D eigenvalue weighted by Gasteiger charge is 2.08. The second-order valence-corrected chi connectivity index (χ2v) is 6.07. The van der Waals surface area contributed by atoms with Crippen LogP contribution in [-0.4, -0.2) is 5.91 Å². The van der Waals surface area contributed by atoms with Gasteiger partial charge in [0.15, 0.2) is 0 Å². The fourth-order valence-electron chi connectivity index (χ4n) is 2.51. The minimum absolute atomic E-state index is 0.105. The maximum absolute atomic E-state index is 12.3. The number of nitrogens with one attached hydrogen (secondary N) is 1. The van der Waals surface area contributed by atoms with Crippen molar-refractivity contribution in [1.29, 1.82) is 0 Å². The van der Waals surface area contributed by atoms with Crippen LogP contribution >= 0.6 is 0 Å². The Balaban J connectivity index is 1.59. The highest BCUT2D eigenvalue weighted by Crippen LogP contribution is 2.18. The molecular weight excluding hydrogens is 310 g/mol. The summed E-state index contributed by atoms with van der Waals surface area (Å²) in [7, 11) is 0. The number of benzene rings is 3. The van der Waals surface area contributed by atoms with Crippen LogP contribution in [0.5, 0.6) is 5.75 Å². The van der Waals surface area contributed by atoms with Crippen LogP contribution < -0.4 is 10.1 Å². The molecule has 0 fully saturated rings. The molecule has 3 heteroatoms. The Morgan fingerprint density at radius 1 is 0.880 bits per heavy atom. The first-order chi connectivity index (χ1) is 12.1. The molecule has 0 atom stereocenters. The van der Waals surface area contributed by atoms with Crippen LogP contribution in [0.2, 0.25) is 0 Å². The van der Waals surface area contributed by atoms with E-state index in [1.807, 2.05) is 55.5 Å². The Morgan fingerprint density at radius 3 is 2.24 bits per heavy atom. The number of aryl methyl sites for hydroxylation is 2. The fourth-order valence-corrected chi connectivity index (χ4v) is 2.51. The molecule has 0 saturated carbocycles. The average Bonchev–Trinajstić information content (AvgIpc) is 2.63. The number of hydrogen-bond acceptors (Lipinski definition) is 2. The highest BCUT2D eigenvalue weighted by atomic mass is 16.5. The molecule has 0 aliphatic carbocycles. The van der Waals surface area contributed by atoms with E-state index in [1.165, 1.54) is 5.56 Å². The van der Waals surface area contributed by atoms with Crippen LogP contribution in [0.15, 0.2) is 72.8 Å². The lowest BCUT2D eigenvalue weighted by Gasteiger charge is -2.10. The van der Waals surface area contributed by atoms with E-state index in [0.29, 0.717) is 12.2 Å². The monoisotopic (exact) mass is 331 g/mol. The summed E-state index contributed by atoms with van der Waals surface area (Å²) in [5, 5.41) is 2.91. The van der Waals surface area contributed by atoms with E-state index in [0.717, 1.165) is 22.6 Å². The summed E-state index contributed by atoms with van der Waals surface area (Å²) >= 11 is 0. The Hall–Kier alpha value is -3.07. The van der Waals surface area contributed by atoms with Crippen molar-refractivity contribution >= 4 is 11.6 Å². The molecule has 0 aromatic heterocycles. The number of anilines is 1. The minimum atomic E-state index is -0.105. The average molecular weight is 331 g/mol. The third-order valence-electron chi connectivity index (χ3n) is 4.03. The fraction of sp³-hybridized carbons (Fsp3) is 0.136. The SMILES string of the molecule is Cc1ccc(COc2ccc(NC(=O)c3ccccc3C)cc2)cc1. The first-order valence-electron chi connectivity index (χ1n) is 8.27. The Morgan fingerprint density at radius 2 is 1.56 bits per heavy atom. The number of carbonyl (C=O) groups is 1. The summed E-state index contributed by atoms with van der Waals surface area (Å²) in [5.74, 6) is 0.667. The molecule has 3 aromatic rings. The largest absolute Gasteiger partial charge is 0.489 e. The Kier molecular flexibility index (Phi) is 5.14. The lowest BCUT2D eigenvalue weighted by molar-refractivity contribution is 0.102. The zero-order valence-corrected chi connectivity index (χ0v) is 14.5. The van der Waals surface area contributed by atoms with Gasteiger partial charge in [0.1, 0.15) is 12.4 Å². The Bertz CT molecular complexity index is 852. The van der Waals surface area contributed by atoms with Gasteiger partial charge >= 0.3 is 0 Å². The van der Waals surface area contributed by atoms with Gasteiger partial charge in [-0.05, 0) is 55.3 Å². The van der Waals surface area contributed by atoms with Gasteiger partial charge in [-0.25, -0.2) is 0 Å². The van der Waals surface area contributed by atoms with Crippen molar-refractivity contribution in [1.82, 2.24) is 0 Å². The van der Waals surface area contributed by atoms with Crippen molar-refractivity contribution in [3.05, 3.63) is 95.1 Å². The van der Waals surface area contributed by atoms with Crippen molar-refractivity contribution < 1.29 is 9.53 Å². The summed E-state index contributed by atoms with van der Waals surface area (Å²) in [4.78, 5) is 12.3. The van der Waals surface area contributed by atoms with E-state index in [9.17, 15) is 4.79 Å². The third kappa shape index (κ3) is 4.48. The van der Waals surface area contributed by atoms with Crippen molar-refractivity contribution in [2.45, 2.75) is 20.5 Å². The van der Waals surface area contributed by atoms with Gasteiger partial charge in [0, 0.05) is 11.3 Å². The predicted octanol–water partition coefficient (Wildman–Crippen LogP) is 5.13. The van der Waals surface area contributed by atoms with E-state index >= 15 is 0 Å². The topological polar surface area (TPSA) is 38.3 Å². The molecule has 3 nitrogen and oxygen atoms in total. The van der Waals surface area contributed by atoms with E-state index in [-0.39, 0.29) is 5.91 Å². The molecule has 0 radical (unpaired) electrons. The zero-order valence-electron chi connectivity index (χ0n) is 14.5. The maximum Gasteiger partial charge on any atom is 0.255 e. The van der Waals surface area contributed by atoms with Gasteiger partial charge in [0.2, 0.25) is 0 Å². The molecular formula is C22H21NO2. The first kappa shape index (κ1) is 16.8. The van der Waals surface area contributed by atoms with E-state index < -0.39 is 0 Å². The van der Waals surface area contributed by atoms with Crippen LogP contribution in [0.1, 0.15) is 27.0 Å². The molecule has 0 bridgehead atoms. The summed E-state index contributed by atoms with van der Waals surface area (Å²) in [6.45, 7) is 4.51. The Labute approximate surface area is 148 Å². The molecule has 0 aliphatic heterocycles. The van der Waals surface area contributed by atoms with Crippen LogP contribution in [0.4, 0.5) is 5.69 Å². The predicted molar refractivity (Wildman–Crippen MR) is 101 cm³/mol. The maximum atomic E-state index is 12.3. The van der Waals surface area contributed by atoms with Gasteiger partial charge in [-0.1, -0.05) is 48.0 Å². The molecule has 25 heavy (non-hydrogen) atoms. The van der Waals surface area contributed by atoms with Gasteiger partial charge in [-0.2, -0.15) is 0 Å². The summed E-state index contributed by atoms with van der Waals surface area (Å²) < 4.78 is 5.78. The molecule has 0 spiro atoms. The quantitative estimate of drug-likeness (QED) is 0.703. The lowest BCUT2D eigenvalue weighted by atomic mass is 10.1. The second kappa shape index (κ2) is 7.67. The number of ether oxygens (including phenoxy) is 1. The number of carbonyl (C=O) groups excluding carboxylic acids is 1. The number of hydrogen-bond donors (Lipinski definition) is 1. The molecule has 0 saturated heterocycles. The molecule has 3 aromatic carbocycles. The summed E-state index contributed by atoms with van der Waals surface area (Å²) in [5.41, 5.74) is 4.75. The molecule has 1 amide bonds. The summed E-state index contributed by atoms with van der Waals surface area (Å²) in [6, 6.07) is 23.2. The first-order valence-corrected chi connectivity index (χ1v) is 8.27. The van der Waals surface area contributed by atoms with Crippen molar-refractivity contribution in [3.8, 4) is 5.75 Å². The van der Waals surface area contributed by atoms with Crippen LogP contribution in [-0.2, 0) is 6.61 Å². The molecule has 1 N–H and O–H groups in total. The van der Waals surface area contributed by atoms with Gasteiger partial charge < -0.3 is 10.1 Å². The van der Waals surface area contributed by atoms with Crippen molar-refractivity contribution in [2.75, 3.05) is 5.32 Å². The standard InChI is InChI=1S/C22H21NO2/c1-16-7-9-18(10-8-16)15-25-20-13-11-19(12-14-20)23-22(24)21-6-4-3-5-17(21)2/h3-14H,15H2,1-2H3,(H,23,24). The van der Waals surface area contributed by atoms with Crippen LogP contribution in [0, 0.1) is 13.8 Å². The van der Waals surface area contributed by atoms with Gasteiger partial charge in [0.25, 0.3) is 5.91 Å². The minimum Gasteiger partial charge on any atom is -0.489 e. The van der Waals surface area contributed by atoms with Gasteiger partial charge in [0.05, 0.1) is 0 Å². The third-order valence-corrected chi connectivity index (χ3v) is 4.03. The van der Waals surface area contributed by atoms with Gasteiger partial charge in [-0.15, -0.1) is 0 Å². The lowest BCUT2D eigenvalue weighted by Crippen LogP contribution is -2.13. The molecule has 0 heterocycles. The molecule has 0 unspecified atom stereocenters. The van der Waals surface area contributed by atoms with Crippen molar-refractivity contribution in [2.24, 2.45) is 0 Å². The number of amides is 1. The van der Waals surface area contributed by atoms with E-state index in [4.69, 9.17) is 4.74 Å². The molecule has 126 valence electrons. The van der Waals surface area contributed by atoms with E-state index in [2.05, 4.69) is 36.5 Å². The zero-order chi connectivity index (χ0) is 17.6. The number of rotatable bonds is 5. The normalized spacial score (nSPS) is 10.3. The van der Waals surface area contributed by atoms with Crippen LogP contribution in [0.3, 0.4) is 0 Å². The van der Waals surface area contributed by atoms with Crippen molar-refractivity contribution in [3.63, 3.8) is 0 Å². The van der Waals surface area contributed by atoms with E-state index in [1.54, 1.807) is 0 Å². The second-order valence-electron chi connectivity index (χ2n) is 6.07. The van der Waals surface area contributed by atoms with Crippen LogP contribution in [0.25, 0.3) is 0 Å². The highest BCUT2D eigenvalue weighted by molar-refractivity contribution is 6.05.